The van der Waals surface area contributed by atoms with E-state index in [1.165, 1.54) is 110 Å². The van der Waals surface area contributed by atoms with E-state index in [0.29, 0.717) is 0 Å². The van der Waals surface area contributed by atoms with E-state index >= 15 is 0 Å². The molecule has 1 aliphatic carbocycles. The third-order valence-corrected chi connectivity index (χ3v) is 12.2. The van der Waals surface area contributed by atoms with Gasteiger partial charge >= 0.3 is 0 Å². The molecule has 266 valence electrons. The molecule has 1 aliphatic rings. The second-order valence-electron chi connectivity index (χ2n) is 15.2. The third kappa shape index (κ3) is 4.71. The van der Waals surface area contributed by atoms with Gasteiger partial charge in [-0.2, -0.15) is 0 Å². The Morgan fingerprint density at radius 1 is 0.333 bits per heavy atom. The standard InChI is InChI=1S/C55H36N2/c1-2-42-44-17-8-9-18-45(44)47-21-12-20-43(55(42)47)35-23-27-41(28-24-35)56-51-22-11-10-19-46(51)48-32-38(25-29-52(48)56)39-26-30-53-49(33-39)50-31-36-13-6-7-14-37(36)34-54(50)57(53)40-15-4-3-5-16-40/h2-34H,1H3/b42-2-. The Morgan fingerprint density at radius 2 is 0.860 bits per heavy atom. The van der Waals surface area contributed by atoms with E-state index < -0.39 is 0 Å². The molecule has 2 heterocycles. The summed E-state index contributed by atoms with van der Waals surface area (Å²) >= 11 is 0. The lowest BCUT2D eigenvalue weighted by Gasteiger charge is -2.13. The lowest BCUT2D eigenvalue weighted by atomic mass is 9.93. The monoisotopic (exact) mass is 724 g/mol. The van der Waals surface area contributed by atoms with Gasteiger partial charge in [0.15, 0.2) is 0 Å². The zero-order valence-corrected chi connectivity index (χ0v) is 31.4. The molecule has 0 spiro atoms. The van der Waals surface area contributed by atoms with Gasteiger partial charge in [-0.3, -0.25) is 0 Å². The molecule has 0 aliphatic heterocycles. The topological polar surface area (TPSA) is 9.86 Å². The first-order valence-electron chi connectivity index (χ1n) is 19.8. The molecule has 57 heavy (non-hydrogen) atoms. The van der Waals surface area contributed by atoms with E-state index in [-0.39, 0.29) is 0 Å². The smallest absolute Gasteiger partial charge is 0.0547 e. The number of nitrogens with zero attached hydrogens (tertiary/aromatic N) is 2. The quantitative estimate of drug-likeness (QED) is 0.171. The van der Waals surface area contributed by atoms with Crippen molar-refractivity contribution >= 4 is 60.0 Å². The van der Waals surface area contributed by atoms with Gasteiger partial charge in [-0.1, -0.05) is 133 Å². The predicted octanol–water partition coefficient (Wildman–Crippen LogP) is 14.8. The normalized spacial score (nSPS) is 13.0. The van der Waals surface area contributed by atoms with E-state index in [1.807, 2.05) is 0 Å². The number of benzene rings is 9. The van der Waals surface area contributed by atoms with E-state index in [4.69, 9.17) is 0 Å². The average molecular weight is 725 g/mol. The SMILES string of the molecule is C/C=C1/c2ccccc2-c2cccc(-c3ccc(-n4c5ccccc5c5cc(-c6ccc7c(c6)c6cc8ccccc8cc6n7-c6ccccc6)ccc54)cc3)c21. The summed E-state index contributed by atoms with van der Waals surface area (Å²) in [5, 5.41) is 7.53. The molecule has 9 aromatic carbocycles. The Labute approximate surface area is 330 Å². The fourth-order valence-electron chi connectivity index (χ4n) is 9.66. The van der Waals surface area contributed by atoms with Crippen LogP contribution >= 0.6 is 0 Å². The first-order chi connectivity index (χ1) is 28.2. The van der Waals surface area contributed by atoms with Crippen LogP contribution in [0.4, 0.5) is 0 Å². The molecule has 0 saturated heterocycles. The van der Waals surface area contributed by atoms with Crippen LogP contribution in [-0.2, 0) is 0 Å². The molecular formula is C55H36N2. The van der Waals surface area contributed by atoms with Gasteiger partial charge < -0.3 is 9.13 Å². The Bertz CT molecular complexity index is 3450. The van der Waals surface area contributed by atoms with Crippen molar-refractivity contribution in [2.24, 2.45) is 0 Å². The van der Waals surface area contributed by atoms with Crippen molar-refractivity contribution in [3.63, 3.8) is 0 Å². The molecule has 2 nitrogen and oxygen atoms in total. The number of aromatic nitrogens is 2. The van der Waals surface area contributed by atoms with Gasteiger partial charge in [0.25, 0.3) is 0 Å². The van der Waals surface area contributed by atoms with Crippen LogP contribution in [0.25, 0.3) is 105 Å². The number of rotatable bonds is 4. The van der Waals surface area contributed by atoms with Crippen LogP contribution in [-0.4, -0.2) is 9.13 Å². The highest BCUT2D eigenvalue weighted by Gasteiger charge is 2.25. The van der Waals surface area contributed by atoms with Gasteiger partial charge in [0.1, 0.15) is 0 Å². The van der Waals surface area contributed by atoms with Crippen LogP contribution in [0.5, 0.6) is 0 Å². The first kappa shape index (κ1) is 31.9. The number of para-hydroxylation sites is 2. The van der Waals surface area contributed by atoms with Crippen LogP contribution in [0.1, 0.15) is 18.1 Å². The van der Waals surface area contributed by atoms with Crippen LogP contribution in [0.3, 0.4) is 0 Å². The third-order valence-electron chi connectivity index (χ3n) is 12.2. The van der Waals surface area contributed by atoms with Crippen LogP contribution in [0.2, 0.25) is 0 Å². The van der Waals surface area contributed by atoms with Crippen molar-refractivity contribution in [3.8, 4) is 44.8 Å². The highest BCUT2D eigenvalue weighted by atomic mass is 15.0. The molecule has 12 rings (SSSR count). The zero-order chi connectivity index (χ0) is 37.6. The molecule has 11 aromatic rings. The van der Waals surface area contributed by atoms with Gasteiger partial charge in [0.05, 0.1) is 22.1 Å². The summed E-state index contributed by atoms with van der Waals surface area (Å²) in [7, 11) is 0. The number of hydrogen-bond donors (Lipinski definition) is 0. The highest BCUT2D eigenvalue weighted by Crippen LogP contribution is 2.48. The van der Waals surface area contributed by atoms with Gasteiger partial charge in [-0.25, -0.2) is 0 Å². The minimum atomic E-state index is 1.15. The maximum Gasteiger partial charge on any atom is 0.0547 e. The van der Waals surface area contributed by atoms with Crippen molar-refractivity contribution in [3.05, 3.63) is 211 Å². The fourth-order valence-corrected chi connectivity index (χ4v) is 9.66. The zero-order valence-electron chi connectivity index (χ0n) is 31.4. The number of hydrogen-bond acceptors (Lipinski definition) is 0. The minimum Gasteiger partial charge on any atom is -0.309 e. The Morgan fingerprint density at radius 3 is 1.61 bits per heavy atom. The van der Waals surface area contributed by atoms with Gasteiger partial charge in [-0.05, 0) is 135 Å². The molecule has 2 heteroatoms. The van der Waals surface area contributed by atoms with E-state index in [1.54, 1.807) is 0 Å². The second-order valence-corrected chi connectivity index (χ2v) is 15.2. The predicted molar refractivity (Wildman–Crippen MR) is 242 cm³/mol. The first-order valence-corrected chi connectivity index (χ1v) is 19.8. The van der Waals surface area contributed by atoms with Crippen LogP contribution in [0.15, 0.2) is 200 Å². The lowest BCUT2D eigenvalue weighted by molar-refractivity contribution is 1.18. The molecule has 0 atom stereocenters. The summed E-state index contributed by atoms with van der Waals surface area (Å²) in [6.45, 7) is 2.15. The summed E-state index contributed by atoms with van der Waals surface area (Å²) in [5.74, 6) is 0. The number of fused-ring (bicyclic) bond motifs is 10. The molecule has 0 saturated carbocycles. The van der Waals surface area contributed by atoms with Gasteiger partial charge in [0.2, 0.25) is 0 Å². The van der Waals surface area contributed by atoms with E-state index in [9.17, 15) is 0 Å². The summed E-state index contributed by atoms with van der Waals surface area (Å²) in [4.78, 5) is 0. The summed E-state index contributed by atoms with van der Waals surface area (Å²) in [6.07, 6.45) is 2.26. The molecule has 0 N–H and O–H groups in total. The Kier molecular flexibility index (Phi) is 6.88. The summed E-state index contributed by atoms with van der Waals surface area (Å²) < 4.78 is 4.83. The second kappa shape index (κ2) is 12.3. The van der Waals surface area contributed by atoms with Crippen molar-refractivity contribution in [1.82, 2.24) is 9.13 Å². The lowest BCUT2D eigenvalue weighted by Crippen LogP contribution is -1.94. The Balaban J connectivity index is 0.985. The summed E-state index contributed by atoms with van der Waals surface area (Å²) in [5.41, 5.74) is 18.7. The molecule has 0 bridgehead atoms. The van der Waals surface area contributed by atoms with Crippen molar-refractivity contribution < 1.29 is 0 Å². The van der Waals surface area contributed by atoms with Crippen LogP contribution in [0, 0.1) is 0 Å². The van der Waals surface area contributed by atoms with E-state index in [2.05, 4.69) is 216 Å². The minimum absolute atomic E-state index is 1.15. The molecule has 0 radical (unpaired) electrons. The highest BCUT2D eigenvalue weighted by molar-refractivity contribution is 6.15. The molecular weight excluding hydrogens is 689 g/mol. The van der Waals surface area contributed by atoms with Crippen molar-refractivity contribution in [2.75, 3.05) is 0 Å². The largest absolute Gasteiger partial charge is 0.309 e. The Hall–Kier alpha value is -7.42. The number of allylic oxidation sites excluding steroid dienone is 1. The molecule has 2 aromatic heterocycles. The maximum atomic E-state index is 2.42. The fraction of sp³-hybridized carbons (Fsp3) is 0.0182. The molecule has 0 fully saturated rings. The van der Waals surface area contributed by atoms with Gasteiger partial charge in [0, 0.05) is 32.9 Å². The molecule has 0 unspecified atom stereocenters. The summed E-state index contributed by atoms with van der Waals surface area (Å²) in [6, 6.07) is 71.6. The average Bonchev–Trinajstić information content (AvgIpc) is 3.90. The van der Waals surface area contributed by atoms with Gasteiger partial charge in [-0.15, -0.1) is 0 Å². The van der Waals surface area contributed by atoms with Crippen molar-refractivity contribution in [2.45, 2.75) is 6.92 Å². The van der Waals surface area contributed by atoms with Crippen molar-refractivity contribution in [1.29, 1.82) is 0 Å². The maximum absolute atomic E-state index is 2.42. The van der Waals surface area contributed by atoms with Crippen LogP contribution < -0.4 is 0 Å². The van der Waals surface area contributed by atoms with E-state index in [0.717, 1.165) is 5.69 Å². The molecule has 0 amide bonds.